The van der Waals surface area contributed by atoms with Crippen LogP contribution >= 0.6 is 0 Å². The maximum absolute atomic E-state index is 11.1. The van der Waals surface area contributed by atoms with Crippen LogP contribution in [0.3, 0.4) is 0 Å². The fourth-order valence-electron chi connectivity index (χ4n) is 2.25. The summed E-state index contributed by atoms with van der Waals surface area (Å²) < 4.78 is 0. The zero-order valence-corrected chi connectivity index (χ0v) is 12.7. The Morgan fingerprint density at radius 2 is 1.84 bits per heavy atom. The number of rotatable bonds is 4. The van der Waals surface area contributed by atoms with Crippen LogP contribution in [-0.2, 0) is 6.54 Å². The molecule has 19 heavy (non-hydrogen) atoms. The van der Waals surface area contributed by atoms with Crippen molar-refractivity contribution in [3.63, 3.8) is 0 Å². The summed E-state index contributed by atoms with van der Waals surface area (Å²) >= 11 is 0. The van der Waals surface area contributed by atoms with E-state index in [-0.39, 0.29) is 0 Å². The van der Waals surface area contributed by atoms with Crippen LogP contribution in [-0.4, -0.2) is 37.2 Å². The summed E-state index contributed by atoms with van der Waals surface area (Å²) in [5.74, 6) is 0.372. The minimum absolute atomic E-state index is 0.372. The summed E-state index contributed by atoms with van der Waals surface area (Å²) in [7, 11) is 5.66. The fraction of sp³-hybridized carbons (Fsp3) is 0.533. The Balaban J connectivity index is 3.32. The highest BCUT2D eigenvalue weighted by molar-refractivity contribution is 5.86. The first-order valence-corrected chi connectivity index (χ1v) is 6.48. The van der Waals surface area contributed by atoms with Crippen molar-refractivity contribution in [3.8, 4) is 0 Å². The van der Waals surface area contributed by atoms with Crippen molar-refractivity contribution in [3.05, 3.63) is 28.8 Å². The summed E-state index contributed by atoms with van der Waals surface area (Å²) in [6, 6.07) is 4.11. The van der Waals surface area contributed by atoms with Crippen LogP contribution in [0.15, 0.2) is 12.1 Å². The van der Waals surface area contributed by atoms with Crippen LogP contribution in [0.4, 0.5) is 10.5 Å². The number of nitrogens with zero attached hydrogens (tertiary/aromatic N) is 2. The van der Waals surface area contributed by atoms with E-state index in [0.717, 1.165) is 17.8 Å². The van der Waals surface area contributed by atoms with Gasteiger partial charge in [-0.25, -0.2) is 4.79 Å². The number of hydrogen-bond donors (Lipinski definition) is 1. The van der Waals surface area contributed by atoms with Gasteiger partial charge in [0, 0.05) is 19.3 Å². The van der Waals surface area contributed by atoms with Gasteiger partial charge in [-0.3, -0.25) is 4.90 Å². The average Bonchev–Trinajstić information content (AvgIpc) is 2.26. The number of amides is 1. The largest absolute Gasteiger partial charge is 0.465 e. The van der Waals surface area contributed by atoms with Crippen molar-refractivity contribution in [2.24, 2.45) is 0 Å². The molecule has 1 N–H and O–H groups in total. The highest BCUT2D eigenvalue weighted by Gasteiger charge is 2.16. The van der Waals surface area contributed by atoms with Crippen molar-refractivity contribution in [1.82, 2.24) is 4.90 Å². The van der Waals surface area contributed by atoms with Crippen molar-refractivity contribution in [1.29, 1.82) is 0 Å². The van der Waals surface area contributed by atoms with Crippen LogP contribution in [0.1, 0.15) is 36.5 Å². The van der Waals surface area contributed by atoms with Gasteiger partial charge in [-0.05, 0) is 49.7 Å². The third kappa shape index (κ3) is 3.70. The van der Waals surface area contributed by atoms with E-state index in [2.05, 4.69) is 24.8 Å². The quantitative estimate of drug-likeness (QED) is 0.907. The average molecular weight is 264 g/mol. The van der Waals surface area contributed by atoms with Gasteiger partial charge in [-0.2, -0.15) is 0 Å². The molecule has 1 amide bonds. The number of anilines is 1. The summed E-state index contributed by atoms with van der Waals surface area (Å²) in [4.78, 5) is 14.5. The van der Waals surface area contributed by atoms with Crippen LogP contribution in [0.25, 0.3) is 0 Å². The van der Waals surface area contributed by atoms with Crippen molar-refractivity contribution >= 4 is 11.8 Å². The zero-order chi connectivity index (χ0) is 14.7. The number of carbonyl (C=O) groups is 1. The summed E-state index contributed by atoms with van der Waals surface area (Å²) in [5.41, 5.74) is 4.23. The Hall–Kier alpha value is -1.55. The fourth-order valence-corrected chi connectivity index (χ4v) is 2.25. The first-order chi connectivity index (χ1) is 8.73. The second-order valence-electron chi connectivity index (χ2n) is 5.57. The van der Waals surface area contributed by atoms with E-state index in [1.54, 1.807) is 7.05 Å². The lowest BCUT2D eigenvalue weighted by molar-refractivity contribution is 0.203. The molecule has 1 rings (SSSR count). The molecule has 0 aliphatic heterocycles. The highest BCUT2D eigenvalue weighted by atomic mass is 16.4. The van der Waals surface area contributed by atoms with Crippen LogP contribution in [0.2, 0.25) is 0 Å². The molecule has 0 saturated carbocycles. The number of benzene rings is 1. The van der Waals surface area contributed by atoms with Gasteiger partial charge in [0.2, 0.25) is 0 Å². The third-order valence-corrected chi connectivity index (χ3v) is 3.21. The monoisotopic (exact) mass is 264 g/mol. The predicted octanol–water partition coefficient (Wildman–Crippen LogP) is 3.29. The topological polar surface area (TPSA) is 43.8 Å². The minimum atomic E-state index is -0.932. The molecule has 0 aliphatic rings. The second kappa shape index (κ2) is 6.06. The van der Waals surface area contributed by atoms with Crippen molar-refractivity contribution in [2.75, 3.05) is 26.0 Å². The van der Waals surface area contributed by atoms with E-state index in [4.69, 9.17) is 5.11 Å². The molecule has 0 spiro atoms. The zero-order valence-electron chi connectivity index (χ0n) is 12.7. The maximum Gasteiger partial charge on any atom is 0.411 e. The van der Waals surface area contributed by atoms with Gasteiger partial charge in [0.1, 0.15) is 0 Å². The van der Waals surface area contributed by atoms with Crippen molar-refractivity contribution < 1.29 is 9.90 Å². The Morgan fingerprint density at radius 1 is 1.26 bits per heavy atom. The molecule has 4 heteroatoms. The van der Waals surface area contributed by atoms with Gasteiger partial charge in [0.05, 0.1) is 0 Å². The summed E-state index contributed by atoms with van der Waals surface area (Å²) in [6.07, 6.45) is -0.932. The molecule has 1 aromatic rings. The van der Waals surface area contributed by atoms with Gasteiger partial charge in [-0.15, -0.1) is 0 Å². The second-order valence-corrected chi connectivity index (χ2v) is 5.57. The lowest BCUT2D eigenvalue weighted by Gasteiger charge is -2.22. The first kappa shape index (κ1) is 15.5. The number of hydrogen-bond acceptors (Lipinski definition) is 2. The molecule has 0 unspecified atom stereocenters. The van der Waals surface area contributed by atoms with E-state index in [1.165, 1.54) is 16.0 Å². The normalized spacial score (nSPS) is 11.2. The SMILES string of the molecule is Cc1cc(CN(C)C)c(C(C)C)cc1N(C)C(=O)O. The Bertz CT molecular complexity index is 467. The van der Waals surface area contributed by atoms with Gasteiger partial charge >= 0.3 is 6.09 Å². The van der Waals surface area contributed by atoms with Gasteiger partial charge in [0.15, 0.2) is 0 Å². The van der Waals surface area contributed by atoms with E-state index in [0.29, 0.717) is 5.92 Å². The van der Waals surface area contributed by atoms with E-state index >= 15 is 0 Å². The molecule has 1 aromatic carbocycles. The standard InChI is InChI=1S/C15H24N2O2/c1-10(2)13-8-14(17(6)15(18)19)11(3)7-12(13)9-16(4)5/h7-8,10H,9H2,1-6H3,(H,18,19). The van der Waals surface area contributed by atoms with E-state index < -0.39 is 6.09 Å². The van der Waals surface area contributed by atoms with Crippen LogP contribution in [0.5, 0.6) is 0 Å². The Morgan fingerprint density at radius 3 is 2.26 bits per heavy atom. The molecule has 0 aliphatic carbocycles. The molecule has 0 heterocycles. The lowest BCUT2D eigenvalue weighted by atomic mass is 9.93. The predicted molar refractivity (Wildman–Crippen MR) is 79.1 cm³/mol. The highest BCUT2D eigenvalue weighted by Crippen LogP contribution is 2.29. The molecule has 0 aromatic heterocycles. The molecule has 0 atom stereocenters. The minimum Gasteiger partial charge on any atom is -0.465 e. The van der Waals surface area contributed by atoms with Gasteiger partial charge in [0.25, 0.3) is 0 Å². The van der Waals surface area contributed by atoms with E-state index in [9.17, 15) is 4.79 Å². The lowest BCUT2D eigenvalue weighted by Crippen LogP contribution is -2.25. The maximum atomic E-state index is 11.1. The van der Waals surface area contributed by atoms with Crippen LogP contribution < -0.4 is 4.90 Å². The molecular formula is C15H24N2O2. The van der Waals surface area contributed by atoms with Gasteiger partial charge < -0.3 is 10.0 Å². The summed E-state index contributed by atoms with van der Waals surface area (Å²) in [5, 5.41) is 9.12. The molecule has 0 fully saturated rings. The smallest absolute Gasteiger partial charge is 0.411 e. The Labute approximate surface area is 115 Å². The van der Waals surface area contributed by atoms with E-state index in [1.807, 2.05) is 27.1 Å². The molecule has 0 radical (unpaired) electrons. The molecule has 0 bridgehead atoms. The van der Waals surface area contributed by atoms with Gasteiger partial charge in [-0.1, -0.05) is 19.9 Å². The molecule has 0 saturated heterocycles. The number of carboxylic acid groups (broad SMARTS) is 1. The van der Waals surface area contributed by atoms with Crippen molar-refractivity contribution in [2.45, 2.75) is 33.2 Å². The summed E-state index contributed by atoms with van der Waals surface area (Å²) in [6.45, 7) is 7.09. The molecular weight excluding hydrogens is 240 g/mol. The van der Waals surface area contributed by atoms with Crippen LogP contribution in [0, 0.1) is 6.92 Å². The third-order valence-electron chi connectivity index (χ3n) is 3.21. The molecule has 4 nitrogen and oxygen atoms in total. The first-order valence-electron chi connectivity index (χ1n) is 6.48. The Kier molecular flexibility index (Phi) is 4.95. The molecule has 106 valence electrons. The number of aryl methyl sites for hydroxylation is 1.